The second-order valence-corrected chi connectivity index (χ2v) is 7.36. The molecule has 1 aliphatic rings. The smallest absolute Gasteiger partial charge is 0.0225 e. The molecule has 0 bridgehead atoms. The van der Waals surface area contributed by atoms with Crippen LogP contribution in [0.4, 0.5) is 0 Å². The quantitative estimate of drug-likeness (QED) is 0.905. The third kappa shape index (κ3) is 3.56. The molecule has 0 aromatic heterocycles. The van der Waals surface area contributed by atoms with E-state index < -0.39 is 0 Å². The van der Waals surface area contributed by atoms with Gasteiger partial charge in [0, 0.05) is 28.5 Å². The van der Waals surface area contributed by atoms with Gasteiger partial charge in [0.05, 0.1) is 0 Å². The molecule has 0 spiro atoms. The standard InChI is InChI=1S/C15H23BrN2/c1-14(2,17)10-18(3)11-15(8-9-15)12-4-6-13(16)7-5-12/h4-7H,8-11,17H2,1-3H3. The topological polar surface area (TPSA) is 29.3 Å². The highest BCUT2D eigenvalue weighted by atomic mass is 79.9. The van der Waals surface area contributed by atoms with Crippen LogP contribution in [0, 0.1) is 0 Å². The SMILES string of the molecule is CN(CC(C)(C)N)CC1(c2ccc(Br)cc2)CC1. The lowest BCUT2D eigenvalue weighted by Gasteiger charge is -2.30. The molecule has 1 aromatic carbocycles. The maximum Gasteiger partial charge on any atom is 0.0225 e. The molecule has 0 unspecified atom stereocenters. The Hall–Kier alpha value is -0.380. The molecule has 100 valence electrons. The van der Waals surface area contributed by atoms with Crippen LogP contribution < -0.4 is 5.73 Å². The van der Waals surface area contributed by atoms with E-state index in [2.05, 4.69) is 66.0 Å². The zero-order chi connectivity index (χ0) is 13.4. The molecule has 0 radical (unpaired) electrons. The first-order chi connectivity index (χ1) is 8.31. The van der Waals surface area contributed by atoms with Crippen LogP contribution >= 0.6 is 15.9 Å². The first kappa shape index (κ1) is 14.0. The lowest BCUT2D eigenvalue weighted by molar-refractivity contribution is 0.249. The van der Waals surface area contributed by atoms with Crippen LogP contribution in [0.3, 0.4) is 0 Å². The van der Waals surface area contributed by atoms with Crippen LogP contribution in [0.25, 0.3) is 0 Å². The van der Waals surface area contributed by atoms with Crippen molar-refractivity contribution in [2.24, 2.45) is 5.73 Å². The summed E-state index contributed by atoms with van der Waals surface area (Å²) >= 11 is 3.50. The number of halogens is 1. The fourth-order valence-electron chi connectivity index (χ4n) is 2.76. The van der Waals surface area contributed by atoms with E-state index in [9.17, 15) is 0 Å². The fraction of sp³-hybridized carbons (Fsp3) is 0.600. The Morgan fingerprint density at radius 1 is 1.28 bits per heavy atom. The normalized spacial score (nSPS) is 18.1. The molecule has 1 aromatic rings. The lowest BCUT2D eigenvalue weighted by Crippen LogP contribution is -2.45. The van der Waals surface area contributed by atoms with Gasteiger partial charge in [-0.3, -0.25) is 0 Å². The number of rotatable bonds is 5. The number of likely N-dealkylation sites (N-methyl/N-ethyl adjacent to an activating group) is 1. The molecule has 2 nitrogen and oxygen atoms in total. The largest absolute Gasteiger partial charge is 0.324 e. The molecule has 2 N–H and O–H groups in total. The summed E-state index contributed by atoms with van der Waals surface area (Å²) in [6.45, 7) is 6.21. The van der Waals surface area contributed by atoms with Crippen LogP contribution in [0.2, 0.25) is 0 Å². The van der Waals surface area contributed by atoms with Gasteiger partial charge in [0.2, 0.25) is 0 Å². The van der Waals surface area contributed by atoms with Crippen molar-refractivity contribution < 1.29 is 0 Å². The molecule has 0 aliphatic heterocycles. The third-order valence-corrected chi connectivity index (χ3v) is 4.09. The summed E-state index contributed by atoms with van der Waals surface area (Å²) in [6.07, 6.45) is 2.59. The molecule has 0 amide bonds. The van der Waals surface area contributed by atoms with E-state index in [0.717, 1.165) is 17.6 Å². The minimum absolute atomic E-state index is 0.120. The van der Waals surface area contributed by atoms with E-state index in [1.54, 1.807) is 0 Å². The van der Waals surface area contributed by atoms with Crippen molar-refractivity contribution in [3.05, 3.63) is 34.3 Å². The molecular weight excluding hydrogens is 288 g/mol. The summed E-state index contributed by atoms with van der Waals surface area (Å²) in [6, 6.07) is 8.78. The van der Waals surface area contributed by atoms with Gasteiger partial charge in [0.15, 0.2) is 0 Å². The first-order valence-corrected chi connectivity index (χ1v) is 7.34. The van der Waals surface area contributed by atoms with Gasteiger partial charge < -0.3 is 10.6 Å². The molecular formula is C15H23BrN2. The second-order valence-electron chi connectivity index (χ2n) is 6.45. The average Bonchev–Trinajstić information content (AvgIpc) is 2.96. The highest BCUT2D eigenvalue weighted by Gasteiger charge is 2.45. The molecule has 0 heterocycles. The fourth-order valence-corrected chi connectivity index (χ4v) is 3.02. The van der Waals surface area contributed by atoms with Gasteiger partial charge in [-0.15, -0.1) is 0 Å². The third-order valence-electron chi connectivity index (χ3n) is 3.56. The summed E-state index contributed by atoms with van der Waals surface area (Å²) in [7, 11) is 2.17. The maximum atomic E-state index is 6.09. The number of nitrogens with zero attached hydrogens (tertiary/aromatic N) is 1. The first-order valence-electron chi connectivity index (χ1n) is 6.54. The Morgan fingerprint density at radius 2 is 1.83 bits per heavy atom. The summed E-state index contributed by atoms with van der Waals surface area (Å²) in [5.74, 6) is 0. The van der Waals surface area contributed by atoms with Crippen LogP contribution in [-0.4, -0.2) is 30.6 Å². The van der Waals surface area contributed by atoms with Crippen LogP contribution in [0.15, 0.2) is 28.7 Å². The van der Waals surface area contributed by atoms with E-state index in [-0.39, 0.29) is 5.54 Å². The Bertz CT molecular complexity index is 401. The van der Waals surface area contributed by atoms with Gasteiger partial charge in [0.25, 0.3) is 0 Å². The van der Waals surface area contributed by atoms with Gasteiger partial charge in [0.1, 0.15) is 0 Å². The van der Waals surface area contributed by atoms with Gasteiger partial charge >= 0.3 is 0 Å². The van der Waals surface area contributed by atoms with Gasteiger partial charge in [-0.1, -0.05) is 28.1 Å². The number of nitrogens with two attached hydrogens (primary N) is 1. The summed E-state index contributed by atoms with van der Waals surface area (Å²) in [4.78, 5) is 2.37. The van der Waals surface area contributed by atoms with Crippen LogP contribution in [0.5, 0.6) is 0 Å². The minimum atomic E-state index is -0.120. The predicted molar refractivity (Wildman–Crippen MR) is 80.8 cm³/mol. The summed E-state index contributed by atoms with van der Waals surface area (Å²) in [5.41, 5.74) is 7.81. The summed E-state index contributed by atoms with van der Waals surface area (Å²) in [5, 5.41) is 0. The Kier molecular flexibility index (Phi) is 3.86. The van der Waals surface area contributed by atoms with Crippen molar-refractivity contribution in [1.29, 1.82) is 0 Å². The van der Waals surface area contributed by atoms with Crippen molar-refractivity contribution in [2.75, 3.05) is 20.1 Å². The molecule has 0 atom stereocenters. The van der Waals surface area contributed by atoms with E-state index >= 15 is 0 Å². The van der Waals surface area contributed by atoms with Crippen LogP contribution in [-0.2, 0) is 5.41 Å². The maximum absolute atomic E-state index is 6.09. The molecule has 3 heteroatoms. The van der Waals surface area contributed by atoms with E-state index in [1.165, 1.54) is 18.4 Å². The van der Waals surface area contributed by atoms with Crippen molar-refractivity contribution in [1.82, 2.24) is 4.90 Å². The van der Waals surface area contributed by atoms with E-state index in [1.807, 2.05) is 0 Å². The predicted octanol–water partition coefficient (Wildman–Crippen LogP) is 3.15. The highest BCUT2D eigenvalue weighted by Crippen LogP contribution is 2.48. The van der Waals surface area contributed by atoms with Gasteiger partial charge in [-0.25, -0.2) is 0 Å². The second kappa shape index (κ2) is 4.95. The van der Waals surface area contributed by atoms with Crippen LogP contribution in [0.1, 0.15) is 32.3 Å². The zero-order valence-electron chi connectivity index (χ0n) is 11.5. The average molecular weight is 311 g/mol. The van der Waals surface area contributed by atoms with Crippen molar-refractivity contribution >= 4 is 15.9 Å². The van der Waals surface area contributed by atoms with Gasteiger partial charge in [-0.2, -0.15) is 0 Å². The monoisotopic (exact) mass is 310 g/mol. The molecule has 1 saturated carbocycles. The molecule has 2 rings (SSSR count). The van der Waals surface area contributed by atoms with E-state index in [0.29, 0.717) is 5.41 Å². The Balaban J connectivity index is 2.02. The van der Waals surface area contributed by atoms with Crippen molar-refractivity contribution in [3.63, 3.8) is 0 Å². The number of hydrogen-bond donors (Lipinski definition) is 1. The Labute approximate surface area is 119 Å². The minimum Gasteiger partial charge on any atom is -0.324 e. The Morgan fingerprint density at radius 3 is 2.28 bits per heavy atom. The van der Waals surface area contributed by atoms with Crippen molar-refractivity contribution in [2.45, 2.75) is 37.6 Å². The van der Waals surface area contributed by atoms with Gasteiger partial charge in [-0.05, 0) is 51.4 Å². The molecule has 0 saturated heterocycles. The molecule has 18 heavy (non-hydrogen) atoms. The summed E-state index contributed by atoms with van der Waals surface area (Å²) < 4.78 is 1.15. The molecule has 1 aliphatic carbocycles. The van der Waals surface area contributed by atoms with E-state index in [4.69, 9.17) is 5.73 Å². The molecule has 1 fully saturated rings. The lowest BCUT2D eigenvalue weighted by atomic mass is 9.95. The van der Waals surface area contributed by atoms with Crippen molar-refractivity contribution in [3.8, 4) is 0 Å². The number of benzene rings is 1. The zero-order valence-corrected chi connectivity index (χ0v) is 13.1. The number of hydrogen-bond acceptors (Lipinski definition) is 2. The highest BCUT2D eigenvalue weighted by molar-refractivity contribution is 9.10.